The van der Waals surface area contributed by atoms with Gasteiger partial charge in [-0.05, 0) is 66.5 Å². The van der Waals surface area contributed by atoms with Crippen LogP contribution in [0.4, 0.5) is 0 Å². The first-order valence-electron chi connectivity index (χ1n) is 12.9. The summed E-state index contributed by atoms with van der Waals surface area (Å²) in [7, 11) is 0. The molecule has 34 heavy (non-hydrogen) atoms. The first-order chi connectivity index (χ1) is 16.3. The van der Waals surface area contributed by atoms with Gasteiger partial charge in [-0.2, -0.15) is 0 Å². The lowest BCUT2D eigenvalue weighted by atomic mass is 9.64. The summed E-state index contributed by atoms with van der Waals surface area (Å²) in [6.45, 7) is 9.14. The van der Waals surface area contributed by atoms with Crippen LogP contribution in [0.3, 0.4) is 0 Å². The summed E-state index contributed by atoms with van der Waals surface area (Å²) in [4.78, 5) is 14.9. The molecule has 4 heteroatoms. The van der Waals surface area contributed by atoms with E-state index < -0.39 is 5.97 Å². The molecule has 0 saturated heterocycles. The largest absolute Gasteiger partial charge is 0.475 e. The molecule has 2 aromatic rings. The highest BCUT2D eigenvalue weighted by Crippen LogP contribution is 2.43. The minimum Gasteiger partial charge on any atom is -0.475 e. The van der Waals surface area contributed by atoms with Crippen molar-refractivity contribution in [1.82, 2.24) is 4.98 Å². The molecule has 0 aliphatic heterocycles. The number of aromatic nitrogens is 1. The molecule has 2 aliphatic carbocycles. The summed E-state index contributed by atoms with van der Waals surface area (Å²) in [5.41, 5.74) is 4.11. The van der Waals surface area contributed by atoms with Gasteiger partial charge in [0.1, 0.15) is 5.76 Å². The normalized spacial score (nSPS) is 20.9. The monoisotopic (exact) mass is 461 g/mol. The molecular weight excluding hydrogens is 422 g/mol. The molecule has 2 N–H and O–H groups in total. The number of H-pyrrole nitrogens is 1. The van der Waals surface area contributed by atoms with Crippen LogP contribution in [0.1, 0.15) is 112 Å². The van der Waals surface area contributed by atoms with Crippen molar-refractivity contribution in [2.75, 3.05) is 0 Å². The Labute approximate surface area is 203 Å². The lowest BCUT2D eigenvalue weighted by Gasteiger charge is -2.39. The Bertz CT molecular complexity index is 1200. The van der Waals surface area contributed by atoms with Crippen molar-refractivity contribution in [1.29, 1.82) is 0 Å². The Balaban J connectivity index is 1.58. The Morgan fingerprint density at radius 1 is 1.18 bits per heavy atom. The van der Waals surface area contributed by atoms with E-state index in [0.29, 0.717) is 17.6 Å². The summed E-state index contributed by atoms with van der Waals surface area (Å²) < 4.78 is 5.51. The van der Waals surface area contributed by atoms with E-state index in [9.17, 15) is 9.90 Å². The molecule has 0 fully saturated rings. The van der Waals surface area contributed by atoms with Gasteiger partial charge in [0.25, 0.3) is 0 Å². The Morgan fingerprint density at radius 3 is 2.68 bits per heavy atom. The Kier molecular flexibility index (Phi) is 7.35. The molecule has 2 heterocycles. The van der Waals surface area contributed by atoms with Crippen LogP contribution in [0.15, 0.2) is 34.3 Å². The van der Waals surface area contributed by atoms with Gasteiger partial charge in [0.2, 0.25) is 5.76 Å². The summed E-state index contributed by atoms with van der Waals surface area (Å²) in [6.07, 6.45) is 21.3. The third kappa shape index (κ3) is 4.87. The molecule has 2 aromatic heterocycles. The minimum absolute atomic E-state index is 0.0182. The van der Waals surface area contributed by atoms with Gasteiger partial charge >= 0.3 is 5.97 Å². The molecule has 0 radical (unpaired) electrons. The van der Waals surface area contributed by atoms with Crippen molar-refractivity contribution in [3.8, 4) is 0 Å². The van der Waals surface area contributed by atoms with Crippen LogP contribution in [0, 0.1) is 5.92 Å². The zero-order valence-electron chi connectivity index (χ0n) is 21.1. The maximum atomic E-state index is 11.2. The molecule has 0 bridgehead atoms. The molecule has 2 atom stereocenters. The lowest BCUT2D eigenvalue weighted by molar-refractivity contribution is 0.0662. The number of aromatic amines is 1. The number of hydrogen-bond acceptors (Lipinski definition) is 2. The van der Waals surface area contributed by atoms with E-state index in [1.165, 1.54) is 78.4 Å². The Hall–Kier alpha value is -2.75. The maximum absolute atomic E-state index is 11.2. The number of aromatic carboxylic acids is 1. The number of furan rings is 1. The summed E-state index contributed by atoms with van der Waals surface area (Å²) in [5, 5.41) is 11.7. The predicted octanol–water partition coefficient (Wildman–Crippen LogP) is 6.67. The van der Waals surface area contributed by atoms with E-state index >= 15 is 0 Å². The van der Waals surface area contributed by atoms with Gasteiger partial charge < -0.3 is 14.5 Å². The molecule has 2 aliphatic rings. The highest BCUT2D eigenvalue weighted by Gasteiger charge is 2.39. The van der Waals surface area contributed by atoms with Gasteiger partial charge in [0, 0.05) is 16.6 Å². The fraction of sp³-hybridized carbons (Fsp3) is 0.500. The van der Waals surface area contributed by atoms with Gasteiger partial charge in [-0.1, -0.05) is 83.1 Å². The fourth-order valence-electron chi connectivity index (χ4n) is 6.02. The van der Waals surface area contributed by atoms with Crippen molar-refractivity contribution >= 4 is 24.2 Å². The number of allylic oxidation sites excluding steroid dienone is 3. The van der Waals surface area contributed by atoms with Crippen molar-refractivity contribution in [3.05, 3.63) is 63.2 Å². The highest BCUT2D eigenvalue weighted by atomic mass is 16.4. The molecular formula is C30H39NO3. The third-order valence-electron chi connectivity index (χ3n) is 7.77. The second kappa shape index (κ2) is 10.2. The molecule has 0 aromatic carbocycles. The molecule has 0 saturated carbocycles. The van der Waals surface area contributed by atoms with Crippen molar-refractivity contribution < 1.29 is 14.3 Å². The van der Waals surface area contributed by atoms with Crippen LogP contribution in [0.25, 0.3) is 18.2 Å². The zero-order chi connectivity index (χ0) is 24.3. The number of hydrogen-bond donors (Lipinski definition) is 2. The number of carbonyl (C=O) groups is 1. The van der Waals surface area contributed by atoms with E-state index in [-0.39, 0.29) is 11.2 Å². The summed E-state index contributed by atoms with van der Waals surface area (Å²) in [6, 6.07) is 3.27. The second-order valence-corrected chi connectivity index (χ2v) is 10.6. The van der Waals surface area contributed by atoms with Crippen molar-refractivity contribution in [3.63, 3.8) is 0 Å². The molecule has 4 nitrogen and oxygen atoms in total. The van der Waals surface area contributed by atoms with E-state index in [4.69, 9.17) is 4.42 Å². The minimum atomic E-state index is -1.03. The number of nitrogens with one attached hydrogen (secondary N) is 1. The van der Waals surface area contributed by atoms with Crippen LogP contribution >= 0.6 is 0 Å². The molecule has 182 valence electrons. The van der Waals surface area contributed by atoms with Crippen LogP contribution in [0.2, 0.25) is 0 Å². The van der Waals surface area contributed by atoms with Gasteiger partial charge in [0.15, 0.2) is 0 Å². The number of rotatable bonds is 10. The lowest BCUT2D eigenvalue weighted by Crippen LogP contribution is -2.38. The second-order valence-electron chi connectivity index (χ2n) is 10.6. The molecule has 0 spiro atoms. The number of carboxylic acid groups (broad SMARTS) is 1. The van der Waals surface area contributed by atoms with Crippen LogP contribution in [0.5, 0.6) is 0 Å². The number of carboxylic acids is 1. The van der Waals surface area contributed by atoms with E-state index in [1.807, 2.05) is 6.08 Å². The van der Waals surface area contributed by atoms with E-state index in [1.54, 1.807) is 6.07 Å². The number of unbranched alkanes of at least 4 members (excludes halogenated alkanes) is 5. The molecule has 0 amide bonds. The predicted molar refractivity (Wildman–Crippen MR) is 139 cm³/mol. The first-order valence-corrected chi connectivity index (χ1v) is 12.9. The standard InChI is InChI=1S/C30H39NO3/c1-5-6-7-8-9-10-12-21-13-11-14-24-27(21)28-25(31-24)17-16-23(30(28,3)4)20(2)19-22-15-18-26(34-22)29(32)33/h11,13-15,17-19,21,23,31H,5-10,12,16H2,1-4H3,(H,32,33). The SMILES string of the molecule is CCCCCCCCC1C=CC=c2[nH]c3c(c21)C(C)(C)C(C(C)=Cc1ccc(C(=O)O)o1)CC=3. The van der Waals surface area contributed by atoms with Crippen molar-refractivity contribution in [2.24, 2.45) is 5.92 Å². The summed E-state index contributed by atoms with van der Waals surface area (Å²) >= 11 is 0. The first kappa shape index (κ1) is 24.4. The Morgan fingerprint density at radius 2 is 1.94 bits per heavy atom. The average Bonchev–Trinajstić information content (AvgIpc) is 3.41. The van der Waals surface area contributed by atoms with Crippen molar-refractivity contribution in [2.45, 2.75) is 90.4 Å². The van der Waals surface area contributed by atoms with E-state index in [2.05, 4.69) is 57.0 Å². The number of fused-ring (bicyclic) bond motifs is 3. The topological polar surface area (TPSA) is 66.2 Å². The fourth-order valence-corrected chi connectivity index (χ4v) is 6.02. The van der Waals surface area contributed by atoms with Crippen LogP contribution in [-0.2, 0) is 5.41 Å². The van der Waals surface area contributed by atoms with Crippen LogP contribution < -0.4 is 10.7 Å². The molecule has 2 unspecified atom stereocenters. The van der Waals surface area contributed by atoms with E-state index in [0.717, 1.165) is 6.42 Å². The van der Waals surface area contributed by atoms with Gasteiger partial charge in [-0.15, -0.1) is 0 Å². The zero-order valence-corrected chi connectivity index (χ0v) is 21.1. The van der Waals surface area contributed by atoms with Gasteiger partial charge in [-0.25, -0.2) is 4.79 Å². The quantitative estimate of drug-likeness (QED) is 0.388. The smallest absolute Gasteiger partial charge is 0.371 e. The summed E-state index contributed by atoms with van der Waals surface area (Å²) in [5.74, 6) is 0.331. The maximum Gasteiger partial charge on any atom is 0.371 e. The third-order valence-corrected chi connectivity index (χ3v) is 7.77. The average molecular weight is 462 g/mol. The van der Waals surface area contributed by atoms with Gasteiger partial charge in [0.05, 0.1) is 0 Å². The molecule has 4 rings (SSSR count). The highest BCUT2D eigenvalue weighted by molar-refractivity contribution is 5.84. The van der Waals surface area contributed by atoms with Gasteiger partial charge in [-0.3, -0.25) is 0 Å². The van der Waals surface area contributed by atoms with Crippen LogP contribution in [-0.4, -0.2) is 16.1 Å².